The Morgan fingerprint density at radius 2 is 2.18 bits per heavy atom. The molecular formula is C12H16BrClN2O. The van der Waals surface area contributed by atoms with Gasteiger partial charge in [-0.3, -0.25) is 4.79 Å². The van der Waals surface area contributed by atoms with Crippen molar-refractivity contribution in [3.63, 3.8) is 0 Å². The highest BCUT2D eigenvalue weighted by atomic mass is 79.9. The zero-order chi connectivity index (χ0) is 13.0. The quantitative estimate of drug-likeness (QED) is 0.896. The number of nitrogens with two attached hydrogens (primary N) is 1. The van der Waals surface area contributed by atoms with Gasteiger partial charge in [0.2, 0.25) is 0 Å². The zero-order valence-corrected chi connectivity index (χ0v) is 12.2. The Morgan fingerprint density at radius 1 is 1.53 bits per heavy atom. The molecule has 0 heterocycles. The van der Waals surface area contributed by atoms with Crippen molar-refractivity contribution in [2.45, 2.75) is 19.9 Å². The Bertz CT molecular complexity index is 409. The summed E-state index contributed by atoms with van der Waals surface area (Å²) in [7, 11) is 0. The Morgan fingerprint density at radius 3 is 2.65 bits per heavy atom. The molecule has 1 amide bonds. The van der Waals surface area contributed by atoms with Gasteiger partial charge in [-0.2, -0.15) is 0 Å². The van der Waals surface area contributed by atoms with Crippen molar-refractivity contribution in [2.75, 3.05) is 6.54 Å². The Hall–Kier alpha value is -0.580. The van der Waals surface area contributed by atoms with Gasteiger partial charge in [-0.1, -0.05) is 25.4 Å². The number of rotatable bonds is 4. The fraction of sp³-hybridized carbons (Fsp3) is 0.417. The van der Waals surface area contributed by atoms with E-state index in [9.17, 15) is 4.79 Å². The molecule has 0 aliphatic rings. The summed E-state index contributed by atoms with van der Waals surface area (Å²) in [6.07, 6.45) is 0. The zero-order valence-electron chi connectivity index (χ0n) is 9.84. The third-order valence-corrected chi connectivity index (χ3v) is 3.79. The molecule has 0 spiro atoms. The summed E-state index contributed by atoms with van der Waals surface area (Å²) in [5.74, 6) is 0.151. The van der Waals surface area contributed by atoms with Crippen molar-refractivity contribution >= 4 is 33.4 Å². The average Bonchev–Trinajstić information content (AvgIpc) is 2.28. The van der Waals surface area contributed by atoms with Crippen LogP contribution in [0, 0.1) is 5.92 Å². The Kier molecular flexibility index (Phi) is 5.43. The van der Waals surface area contributed by atoms with Crippen molar-refractivity contribution in [3.8, 4) is 0 Å². The maximum absolute atomic E-state index is 11.9. The van der Waals surface area contributed by atoms with Crippen molar-refractivity contribution in [1.29, 1.82) is 0 Å². The minimum Gasteiger partial charge on any atom is -0.348 e. The highest BCUT2D eigenvalue weighted by Crippen LogP contribution is 2.23. The van der Waals surface area contributed by atoms with Gasteiger partial charge in [-0.05, 0) is 40.0 Å². The number of hydrogen-bond donors (Lipinski definition) is 2. The first-order valence-corrected chi connectivity index (χ1v) is 6.58. The molecule has 1 unspecified atom stereocenters. The van der Waals surface area contributed by atoms with Crippen LogP contribution in [0.15, 0.2) is 22.7 Å². The minimum absolute atomic E-state index is 0.0232. The normalized spacial score (nSPS) is 12.6. The van der Waals surface area contributed by atoms with Gasteiger partial charge in [0.05, 0.1) is 5.02 Å². The summed E-state index contributed by atoms with van der Waals surface area (Å²) in [4.78, 5) is 11.9. The van der Waals surface area contributed by atoms with Crippen LogP contribution in [0.4, 0.5) is 0 Å². The highest BCUT2D eigenvalue weighted by Gasteiger charge is 2.16. The van der Waals surface area contributed by atoms with E-state index in [1.807, 2.05) is 13.8 Å². The lowest BCUT2D eigenvalue weighted by molar-refractivity contribution is 0.0928. The molecule has 3 nitrogen and oxygen atoms in total. The van der Waals surface area contributed by atoms with E-state index in [0.717, 1.165) is 4.47 Å². The molecule has 1 aromatic rings. The van der Waals surface area contributed by atoms with Crippen molar-refractivity contribution in [1.82, 2.24) is 5.32 Å². The molecule has 0 saturated carbocycles. The SMILES string of the molecule is CC(C)C(CN)NC(=O)c1ccc(Br)c(Cl)c1. The molecule has 0 saturated heterocycles. The molecule has 17 heavy (non-hydrogen) atoms. The van der Waals surface area contributed by atoms with E-state index in [4.69, 9.17) is 17.3 Å². The molecule has 1 atom stereocenters. The molecule has 0 bridgehead atoms. The summed E-state index contributed by atoms with van der Waals surface area (Å²) in [5, 5.41) is 3.41. The second-order valence-corrected chi connectivity index (χ2v) is 5.45. The van der Waals surface area contributed by atoms with Crippen LogP contribution in [-0.2, 0) is 0 Å². The van der Waals surface area contributed by atoms with E-state index in [2.05, 4.69) is 21.2 Å². The van der Waals surface area contributed by atoms with Crippen LogP contribution in [0.5, 0.6) is 0 Å². The largest absolute Gasteiger partial charge is 0.348 e. The smallest absolute Gasteiger partial charge is 0.251 e. The number of carbonyl (C=O) groups is 1. The Balaban J connectivity index is 2.79. The van der Waals surface area contributed by atoms with Gasteiger partial charge in [0.15, 0.2) is 0 Å². The van der Waals surface area contributed by atoms with E-state index in [-0.39, 0.29) is 11.9 Å². The molecule has 94 valence electrons. The molecule has 5 heteroatoms. The number of amides is 1. The standard InChI is InChI=1S/C12H16BrClN2O/c1-7(2)11(6-15)16-12(17)8-3-4-9(13)10(14)5-8/h3-5,7,11H,6,15H2,1-2H3,(H,16,17). The van der Waals surface area contributed by atoms with Gasteiger partial charge >= 0.3 is 0 Å². The van der Waals surface area contributed by atoms with Gasteiger partial charge in [0, 0.05) is 22.6 Å². The molecule has 0 aliphatic carbocycles. The first-order chi connectivity index (χ1) is 7.95. The van der Waals surface area contributed by atoms with Gasteiger partial charge in [-0.15, -0.1) is 0 Å². The van der Waals surface area contributed by atoms with Crippen LogP contribution in [0.3, 0.4) is 0 Å². The monoisotopic (exact) mass is 318 g/mol. The maximum atomic E-state index is 11.9. The maximum Gasteiger partial charge on any atom is 0.251 e. The summed E-state index contributed by atoms with van der Waals surface area (Å²) in [6.45, 7) is 4.46. The summed E-state index contributed by atoms with van der Waals surface area (Å²) in [5.41, 5.74) is 6.14. The molecule has 0 fully saturated rings. The van der Waals surface area contributed by atoms with Crippen molar-refractivity contribution < 1.29 is 4.79 Å². The van der Waals surface area contributed by atoms with Gasteiger partial charge < -0.3 is 11.1 Å². The van der Waals surface area contributed by atoms with Crippen LogP contribution in [0.25, 0.3) is 0 Å². The number of nitrogens with one attached hydrogen (secondary N) is 1. The predicted octanol–water partition coefficient (Wildman–Crippen LogP) is 2.82. The second kappa shape index (κ2) is 6.38. The van der Waals surface area contributed by atoms with E-state index < -0.39 is 0 Å². The first-order valence-electron chi connectivity index (χ1n) is 5.41. The van der Waals surface area contributed by atoms with Crippen molar-refractivity contribution in [2.24, 2.45) is 11.7 Å². The predicted molar refractivity (Wildman–Crippen MR) is 74.3 cm³/mol. The molecule has 3 N–H and O–H groups in total. The molecule has 0 aliphatic heterocycles. The lowest BCUT2D eigenvalue weighted by Crippen LogP contribution is -2.43. The lowest BCUT2D eigenvalue weighted by Gasteiger charge is -2.20. The second-order valence-electron chi connectivity index (χ2n) is 4.19. The molecule has 1 rings (SSSR count). The molecule has 1 aromatic carbocycles. The molecule has 0 radical (unpaired) electrons. The summed E-state index contributed by atoms with van der Waals surface area (Å²) in [6, 6.07) is 5.09. The molecule has 0 aromatic heterocycles. The molecular weight excluding hydrogens is 304 g/mol. The minimum atomic E-state index is -0.149. The topological polar surface area (TPSA) is 55.1 Å². The highest BCUT2D eigenvalue weighted by molar-refractivity contribution is 9.10. The Labute approximate surface area is 115 Å². The van der Waals surface area contributed by atoms with Gasteiger partial charge in [0.25, 0.3) is 5.91 Å². The van der Waals surface area contributed by atoms with Crippen LogP contribution in [0.2, 0.25) is 5.02 Å². The van der Waals surface area contributed by atoms with E-state index >= 15 is 0 Å². The number of carbonyl (C=O) groups excluding carboxylic acids is 1. The fourth-order valence-corrected chi connectivity index (χ4v) is 1.81. The van der Waals surface area contributed by atoms with Crippen LogP contribution >= 0.6 is 27.5 Å². The van der Waals surface area contributed by atoms with E-state index in [1.54, 1.807) is 18.2 Å². The summed E-state index contributed by atoms with van der Waals surface area (Å²) < 4.78 is 0.773. The van der Waals surface area contributed by atoms with E-state index in [0.29, 0.717) is 23.0 Å². The van der Waals surface area contributed by atoms with Crippen molar-refractivity contribution in [3.05, 3.63) is 33.3 Å². The third kappa shape index (κ3) is 3.98. The van der Waals surface area contributed by atoms with Crippen LogP contribution in [0.1, 0.15) is 24.2 Å². The first kappa shape index (κ1) is 14.5. The number of benzene rings is 1. The van der Waals surface area contributed by atoms with E-state index in [1.165, 1.54) is 0 Å². The van der Waals surface area contributed by atoms with Crippen LogP contribution < -0.4 is 11.1 Å². The fourth-order valence-electron chi connectivity index (χ4n) is 1.39. The van der Waals surface area contributed by atoms with Gasteiger partial charge in [0.1, 0.15) is 0 Å². The average molecular weight is 320 g/mol. The third-order valence-electron chi connectivity index (χ3n) is 2.56. The number of halogens is 2. The summed E-state index contributed by atoms with van der Waals surface area (Å²) >= 11 is 9.22. The lowest BCUT2D eigenvalue weighted by atomic mass is 10.0. The van der Waals surface area contributed by atoms with Gasteiger partial charge in [-0.25, -0.2) is 0 Å². The number of hydrogen-bond acceptors (Lipinski definition) is 2. The van der Waals surface area contributed by atoms with Crippen LogP contribution in [-0.4, -0.2) is 18.5 Å².